The zero-order valence-corrected chi connectivity index (χ0v) is 14.8. The quantitative estimate of drug-likeness (QED) is 0.629. The van der Waals surface area contributed by atoms with Crippen LogP contribution in [0.1, 0.15) is 0 Å². The van der Waals surface area contributed by atoms with Crippen LogP contribution in [0.4, 0.5) is 17.1 Å². The van der Waals surface area contributed by atoms with Gasteiger partial charge in [-0.05, 0) is 48.5 Å². The van der Waals surface area contributed by atoms with Crippen LogP contribution in [-0.2, 0) is 10.0 Å². The highest BCUT2D eigenvalue weighted by molar-refractivity contribution is 7.92. The van der Waals surface area contributed by atoms with Crippen LogP contribution in [0.15, 0.2) is 94.0 Å². The fourth-order valence-electron chi connectivity index (χ4n) is 2.26. The average molecular weight is 367 g/mol. The van der Waals surface area contributed by atoms with E-state index < -0.39 is 10.0 Å². The van der Waals surface area contributed by atoms with Crippen LogP contribution in [0.25, 0.3) is 0 Å². The zero-order valence-electron chi connectivity index (χ0n) is 14.0. The molecule has 0 atom stereocenters. The summed E-state index contributed by atoms with van der Waals surface area (Å²) < 4.78 is 32.7. The fraction of sp³-hybridized carbons (Fsp3) is 0.0526. The van der Waals surface area contributed by atoms with Crippen molar-refractivity contribution in [2.24, 2.45) is 10.2 Å². The molecule has 6 nitrogen and oxygen atoms in total. The van der Waals surface area contributed by atoms with Crippen molar-refractivity contribution in [1.29, 1.82) is 0 Å². The van der Waals surface area contributed by atoms with Crippen molar-refractivity contribution in [1.82, 2.24) is 0 Å². The highest BCUT2D eigenvalue weighted by Gasteiger charge is 2.18. The lowest BCUT2D eigenvalue weighted by molar-refractivity contribution is 0.403. The molecule has 3 aromatic carbocycles. The van der Waals surface area contributed by atoms with Crippen LogP contribution in [0.5, 0.6) is 5.75 Å². The van der Waals surface area contributed by atoms with Crippen molar-refractivity contribution in [2.45, 2.75) is 4.90 Å². The Morgan fingerprint density at radius 2 is 1.35 bits per heavy atom. The van der Waals surface area contributed by atoms with Gasteiger partial charge < -0.3 is 4.74 Å². The van der Waals surface area contributed by atoms with E-state index in [1.165, 1.54) is 13.2 Å². The van der Waals surface area contributed by atoms with Gasteiger partial charge in [-0.1, -0.05) is 30.3 Å². The predicted molar refractivity (Wildman–Crippen MR) is 101 cm³/mol. The lowest BCUT2D eigenvalue weighted by Crippen LogP contribution is -2.13. The number of anilines is 1. The smallest absolute Gasteiger partial charge is 0.265 e. The maximum absolute atomic E-state index is 12.5. The number of hydrogen-bond donors (Lipinski definition) is 1. The Kier molecular flexibility index (Phi) is 5.28. The molecule has 0 spiro atoms. The molecular weight excluding hydrogens is 350 g/mol. The molecule has 0 saturated carbocycles. The van der Waals surface area contributed by atoms with Crippen molar-refractivity contribution in [3.63, 3.8) is 0 Å². The van der Waals surface area contributed by atoms with Crippen LogP contribution in [0.3, 0.4) is 0 Å². The Labute approximate surface area is 152 Å². The number of nitrogens with one attached hydrogen (secondary N) is 1. The molecule has 0 unspecified atom stereocenters. The van der Waals surface area contributed by atoms with E-state index in [9.17, 15) is 8.42 Å². The average Bonchev–Trinajstić information content (AvgIpc) is 2.68. The maximum Gasteiger partial charge on any atom is 0.265 e. The number of methoxy groups -OCH3 is 1. The summed E-state index contributed by atoms with van der Waals surface area (Å²) in [7, 11) is -2.32. The molecular formula is C19H17N3O3S. The summed E-state index contributed by atoms with van der Waals surface area (Å²) in [4.78, 5) is 0.0790. The summed E-state index contributed by atoms with van der Waals surface area (Å²) in [5.41, 5.74) is 1.79. The van der Waals surface area contributed by atoms with Crippen LogP contribution in [-0.4, -0.2) is 15.5 Å². The Bertz CT molecular complexity index is 1000. The zero-order chi connectivity index (χ0) is 18.4. The largest absolute Gasteiger partial charge is 0.495 e. The molecule has 0 fully saturated rings. The van der Waals surface area contributed by atoms with Crippen molar-refractivity contribution in [2.75, 3.05) is 11.8 Å². The molecule has 7 heteroatoms. The van der Waals surface area contributed by atoms with Gasteiger partial charge in [-0.3, -0.25) is 4.72 Å². The third-order valence-electron chi connectivity index (χ3n) is 3.52. The number of ether oxygens (including phenoxy) is 1. The van der Waals surface area contributed by atoms with E-state index in [0.717, 1.165) is 5.69 Å². The van der Waals surface area contributed by atoms with Crippen LogP contribution in [0.2, 0.25) is 0 Å². The molecule has 0 aliphatic rings. The molecule has 0 bridgehead atoms. The SMILES string of the molecule is COc1ccccc1S(=O)(=O)Nc1ccc(N=Nc2ccccc2)cc1. The monoisotopic (exact) mass is 367 g/mol. The lowest BCUT2D eigenvalue weighted by Gasteiger charge is -2.11. The van der Waals surface area contributed by atoms with Crippen LogP contribution < -0.4 is 9.46 Å². The van der Waals surface area contributed by atoms with Gasteiger partial charge in [-0.25, -0.2) is 8.42 Å². The first kappa shape index (κ1) is 17.6. The number of para-hydroxylation sites is 1. The number of nitrogens with zero attached hydrogens (tertiary/aromatic N) is 2. The van der Waals surface area contributed by atoms with Crippen molar-refractivity contribution < 1.29 is 13.2 Å². The summed E-state index contributed by atoms with van der Waals surface area (Å²) in [5, 5.41) is 8.25. The minimum Gasteiger partial charge on any atom is -0.495 e. The van der Waals surface area contributed by atoms with Crippen LogP contribution >= 0.6 is 0 Å². The van der Waals surface area contributed by atoms with Crippen LogP contribution in [0, 0.1) is 0 Å². The van der Waals surface area contributed by atoms with E-state index in [0.29, 0.717) is 11.4 Å². The first-order valence-corrected chi connectivity index (χ1v) is 9.29. The van der Waals surface area contributed by atoms with Gasteiger partial charge in [-0.15, -0.1) is 0 Å². The number of azo groups is 1. The highest BCUT2D eigenvalue weighted by atomic mass is 32.2. The lowest BCUT2D eigenvalue weighted by atomic mass is 10.3. The molecule has 0 aliphatic heterocycles. The first-order valence-electron chi connectivity index (χ1n) is 7.81. The topological polar surface area (TPSA) is 80.1 Å². The molecule has 0 aliphatic carbocycles. The summed E-state index contributed by atoms with van der Waals surface area (Å²) >= 11 is 0. The second-order valence-corrected chi connectivity index (χ2v) is 6.99. The van der Waals surface area contributed by atoms with Crippen molar-refractivity contribution in [3.05, 3.63) is 78.9 Å². The second-order valence-electron chi connectivity index (χ2n) is 5.34. The van der Waals surface area contributed by atoms with Gasteiger partial charge in [0.25, 0.3) is 10.0 Å². The molecule has 3 aromatic rings. The van der Waals surface area contributed by atoms with E-state index >= 15 is 0 Å². The van der Waals surface area contributed by atoms with E-state index in [1.807, 2.05) is 30.3 Å². The normalized spacial score (nSPS) is 11.4. The van der Waals surface area contributed by atoms with Crippen molar-refractivity contribution >= 4 is 27.1 Å². The van der Waals surface area contributed by atoms with E-state index in [2.05, 4.69) is 15.0 Å². The Morgan fingerprint density at radius 1 is 0.769 bits per heavy atom. The molecule has 0 aromatic heterocycles. The summed E-state index contributed by atoms with van der Waals surface area (Å²) in [6.45, 7) is 0. The minimum absolute atomic E-state index is 0.0790. The summed E-state index contributed by atoms with van der Waals surface area (Å²) in [5.74, 6) is 0.285. The molecule has 0 heterocycles. The van der Waals surface area contributed by atoms with Gasteiger partial charge in [-0.2, -0.15) is 10.2 Å². The van der Waals surface area contributed by atoms with Gasteiger partial charge in [0.15, 0.2) is 0 Å². The molecule has 1 N–H and O–H groups in total. The molecule has 26 heavy (non-hydrogen) atoms. The number of sulfonamides is 1. The van der Waals surface area contributed by atoms with E-state index in [4.69, 9.17) is 4.74 Å². The van der Waals surface area contributed by atoms with Gasteiger partial charge in [0.05, 0.1) is 18.5 Å². The summed E-state index contributed by atoms with van der Waals surface area (Å²) in [6, 6.07) is 22.4. The Balaban J connectivity index is 1.76. The van der Waals surface area contributed by atoms with E-state index in [-0.39, 0.29) is 10.6 Å². The fourth-order valence-corrected chi connectivity index (χ4v) is 3.49. The predicted octanol–water partition coefficient (Wildman–Crippen LogP) is 4.91. The molecule has 0 radical (unpaired) electrons. The molecule has 0 amide bonds. The minimum atomic E-state index is -3.75. The van der Waals surface area contributed by atoms with Gasteiger partial charge in [0.2, 0.25) is 0 Å². The Morgan fingerprint density at radius 3 is 2.00 bits per heavy atom. The number of hydrogen-bond acceptors (Lipinski definition) is 5. The summed E-state index contributed by atoms with van der Waals surface area (Å²) in [6.07, 6.45) is 0. The Hall–Kier alpha value is -3.19. The first-order chi connectivity index (χ1) is 12.6. The van der Waals surface area contributed by atoms with Gasteiger partial charge >= 0.3 is 0 Å². The molecule has 132 valence electrons. The second kappa shape index (κ2) is 7.79. The van der Waals surface area contributed by atoms with Crippen molar-refractivity contribution in [3.8, 4) is 5.75 Å². The number of rotatable bonds is 6. The third kappa shape index (κ3) is 4.25. The highest BCUT2D eigenvalue weighted by Crippen LogP contribution is 2.26. The van der Waals surface area contributed by atoms with Gasteiger partial charge in [0.1, 0.15) is 10.6 Å². The van der Waals surface area contributed by atoms with Gasteiger partial charge in [0, 0.05) is 5.69 Å². The standard InChI is InChI=1S/C19H17N3O3S/c1-25-18-9-5-6-10-19(18)26(23,24)22-17-13-11-16(12-14-17)21-20-15-7-3-2-4-8-15/h2-14,22H,1H3. The third-order valence-corrected chi connectivity index (χ3v) is 4.94. The number of benzene rings is 3. The molecule has 0 saturated heterocycles. The van der Waals surface area contributed by atoms with E-state index in [1.54, 1.807) is 42.5 Å². The maximum atomic E-state index is 12.5. The molecule has 3 rings (SSSR count).